The van der Waals surface area contributed by atoms with Gasteiger partial charge in [-0.2, -0.15) is 5.26 Å². The maximum absolute atomic E-state index is 8.41. The molecule has 0 radical (unpaired) electrons. The second kappa shape index (κ2) is 4.55. The zero-order valence-corrected chi connectivity index (χ0v) is 7.19. The first-order valence-corrected chi connectivity index (χ1v) is 3.50. The Hall–Kier alpha value is -0.300. The molecule has 1 heterocycles. The third-order valence-electron chi connectivity index (χ3n) is 1.92. The monoisotopic (exact) mass is 176 g/mol. The second-order valence-electron chi connectivity index (χ2n) is 2.81. The van der Waals surface area contributed by atoms with Gasteiger partial charge in [0.25, 0.3) is 0 Å². The standard InChI is InChI=1S/C7H12N2O.ClH/c8-4-1-7(9)2-5-10-6-3-7;/h1-3,5-6,9H2;1H. The predicted molar refractivity (Wildman–Crippen MR) is 44.4 cm³/mol. The molecule has 0 bridgehead atoms. The van der Waals surface area contributed by atoms with Gasteiger partial charge in [-0.15, -0.1) is 12.4 Å². The van der Waals surface area contributed by atoms with E-state index in [-0.39, 0.29) is 17.9 Å². The van der Waals surface area contributed by atoms with Crippen molar-refractivity contribution < 1.29 is 4.74 Å². The van der Waals surface area contributed by atoms with Gasteiger partial charge >= 0.3 is 0 Å². The van der Waals surface area contributed by atoms with Crippen LogP contribution < -0.4 is 5.73 Å². The van der Waals surface area contributed by atoms with Gasteiger partial charge in [0.1, 0.15) is 0 Å². The van der Waals surface area contributed by atoms with Crippen LogP contribution in [0.4, 0.5) is 0 Å². The molecule has 1 fully saturated rings. The quantitative estimate of drug-likeness (QED) is 0.644. The molecule has 0 unspecified atom stereocenters. The number of nitriles is 1. The summed E-state index contributed by atoms with van der Waals surface area (Å²) >= 11 is 0. The molecule has 11 heavy (non-hydrogen) atoms. The summed E-state index contributed by atoms with van der Waals surface area (Å²) in [5.41, 5.74) is 5.61. The van der Waals surface area contributed by atoms with E-state index in [1.54, 1.807) is 0 Å². The molecule has 0 aromatic carbocycles. The molecule has 0 aliphatic carbocycles. The third-order valence-corrected chi connectivity index (χ3v) is 1.92. The van der Waals surface area contributed by atoms with Crippen LogP contribution in [0, 0.1) is 11.3 Å². The number of rotatable bonds is 1. The molecule has 0 atom stereocenters. The largest absolute Gasteiger partial charge is 0.381 e. The molecule has 4 heteroatoms. The van der Waals surface area contributed by atoms with Crippen LogP contribution in [0.25, 0.3) is 0 Å². The summed E-state index contributed by atoms with van der Waals surface area (Å²) in [5.74, 6) is 0. The average molecular weight is 177 g/mol. The number of ether oxygens (including phenoxy) is 1. The van der Waals surface area contributed by atoms with Crippen LogP contribution >= 0.6 is 12.4 Å². The van der Waals surface area contributed by atoms with Crippen molar-refractivity contribution in [3.05, 3.63) is 0 Å². The highest BCUT2D eigenvalue weighted by Gasteiger charge is 2.27. The van der Waals surface area contributed by atoms with Crippen molar-refractivity contribution in [1.82, 2.24) is 0 Å². The fourth-order valence-electron chi connectivity index (χ4n) is 1.11. The first-order chi connectivity index (χ1) is 4.77. The Morgan fingerprint density at radius 2 is 2.00 bits per heavy atom. The summed E-state index contributed by atoms with van der Waals surface area (Å²) in [5, 5.41) is 8.41. The summed E-state index contributed by atoms with van der Waals surface area (Å²) in [6.07, 6.45) is 2.09. The van der Waals surface area contributed by atoms with Gasteiger partial charge in [0, 0.05) is 18.8 Å². The highest BCUT2D eigenvalue weighted by molar-refractivity contribution is 5.85. The average Bonchev–Trinajstić information content (AvgIpc) is 1.89. The van der Waals surface area contributed by atoms with Gasteiger partial charge in [-0.1, -0.05) is 0 Å². The van der Waals surface area contributed by atoms with Crippen molar-refractivity contribution in [3.63, 3.8) is 0 Å². The van der Waals surface area contributed by atoms with Crippen molar-refractivity contribution in [3.8, 4) is 6.07 Å². The number of nitrogens with two attached hydrogens (primary N) is 1. The molecule has 1 saturated heterocycles. The van der Waals surface area contributed by atoms with Gasteiger partial charge in [-0.25, -0.2) is 0 Å². The minimum atomic E-state index is -0.257. The van der Waals surface area contributed by atoms with E-state index in [0.29, 0.717) is 19.6 Å². The molecule has 0 spiro atoms. The van der Waals surface area contributed by atoms with Crippen LogP contribution in [0.1, 0.15) is 19.3 Å². The maximum Gasteiger partial charge on any atom is 0.0641 e. The van der Waals surface area contributed by atoms with Crippen molar-refractivity contribution in [2.24, 2.45) is 5.73 Å². The Kier molecular flexibility index (Phi) is 4.43. The molecule has 64 valence electrons. The van der Waals surface area contributed by atoms with Crippen molar-refractivity contribution in [2.45, 2.75) is 24.8 Å². The van der Waals surface area contributed by atoms with Crippen molar-refractivity contribution in [2.75, 3.05) is 13.2 Å². The summed E-state index contributed by atoms with van der Waals surface area (Å²) < 4.78 is 5.12. The lowest BCUT2D eigenvalue weighted by molar-refractivity contribution is 0.0548. The zero-order valence-electron chi connectivity index (χ0n) is 6.38. The number of hydrogen-bond donors (Lipinski definition) is 1. The molecular formula is C7H13ClN2O. The summed E-state index contributed by atoms with van der Waals surface area (Å²) in [4.78, 5) is 0. The minimum absolute atomic E-state index is 0. The van der Waals surface area contributed by atoms with E-state index in [2.05, 4.69) is 6.07 Å². The molecule has 0 aromatic rings. The van der Waals surface area contributed by atoms with E-state index in [9.17, 15) is 0 Å². The molecule has 2 N–H and O–H groups in total. The molecule has 1 rings (SSSR count). The summed E-state index contributed by atoms with van der Waals surface area (Å²) in [6, 6.07) is 2.10. The normalized spacial score (nSPS) is 21.5. The van der Waals surface area contributed by atoms with Gasteiger partial charge in [0.15, 0.2) is 0 Å². The highest BCUT2D eigenvalue weighted by atomic mass is 35.5. The Balaban J connectivity index is 0.000001000. The van der Waals surface area contributed by atoms with Crippen LogP contribution in [0.15, 0.2) is 0 Å². The first kappa shape index (κ1) is 10.7. The fourth-order valence-corrected chi connectivity index (χ4v) is 1.11. The van der Waals surface area contributed by atoms with E-state index in [1.165, 1.54) is 0 Å². The maximum atomic E-state index is 8.41. The van der Waals surface area contributed by atoms with E-state index >= 15 is 0 Å². The topological polar surface area (TPSA) is 59.0 Å². The Morgan fingerprint density at radius 1 is 1.45 bits per heavy atom. The first-order valence-electron chi connectivity index (χ1n) is 3.50. The van der Waals surface area contributed by atoms with Crippen LogP contribution in [-0.4, -0.2) is 18.8 Å². The van der Waals surface area contributed by atoms with E-state index in [4.69, 9.17) is 15.7 Å². The minimum Gasteiger partial charge on any atom is -0.381 e. The molecule has 1 aliphatic heterocycles. The lowest BCUT2D eigenvalue weighted by Crippen LogP contribution is -2.44. The fraction of sp³-hybridized carbons (Fsp3) is 0.857. The molecule has 3 nitrogen and oxygen atoms in total. The Bertz CT molecular complexity index is 149. The number of nitrogens with zero attached hydrogens (tertiary/aromatic N) is 1. The lowest BCUT2D eigenvalue weighted by atomic mass is 9.89. The van der Waals surface area contributed by atoms with Crippen molar-refractivity contribution >= 4 is 12.4 Å². The van der Waals surface area contributed by atoms with E-state index in [0.717, 1.165) is 12.8 Å². The SMILES string of the molecule is Cl.N#CCC1(N)CCOCC1. The third kappa shape index (κ3) is 3.06. The van der Waals surface area contributed by atoms with E-state index in [1.807, 2.05) is 0 Å². The Morgan fingerprint density at radius 3 is 2.45 bits per heavy atom. The summed E-state index contributed by atoms with van der Waals surface area (Å²) in [6.45, 7) is 1.41. The molecule has 0 amide bonds. The molecular weight excluding hydrogens is 164 g/mol. The Labute approximate surface area is 72.9 Å². The van der Waals surface area contributed by atoms with Gasteiger partial charge < -0.3 is 10.5 Å². The molecule has 1 aliphatic rings. The predicted octanol–water partition coefficient (Wildman–Crippen LogP) is 0.830. The van der Waals surface area contributed by atoms with E-state index < -0.39 is 0 Å². The number of hydrogen-bond acceptors (Lipinski definition) is 3. The van der Waals surface area contributed by atoms with Crippen LogP contribution in [-0.2, 0) is 4.74 Å². The van der Waals surface area contributed by atoms with Crippen molar-refractivity contribution in [1.29, 1.82) is 5.26 Å². The van der Waals surface area contributed by atoms with Crippen LogP contribution in [0.5, 0.6) is 0 Å². The van der Waals surface area contributed by atoms with Crippen LogP contribution in [0.3, 0.4) is 0 Å². The number of halogens is 1. The smallest absolute Gasteiger partial charge is 0.0641 e. The molecule has 0 saturated carbocycles. The molecule has 0 aromatic heterocycles. The highest BCUT2D eigenvalue weighted by Crippen LogP contribution is 2.20. The van der Waals surface area contributed by atoms with Gasteiger partial charge in [-0.3, -0.25) is 0 Å². The lowest BCUT2D eigenvalue weighted by Gasteiger charge is -2.30. The van der Waals surface area contributed by atoms with Gasteiger partial charge in [-0.05, 0) is 12.8 Å². The zero-order chi connectivity index (χ0) is 7.45. The second-order valence-corrected chi connectivity index (χ2v) is 2.81. The van der Waals surface area contributed by atoms with Crippen LogP contribution in [0.2, 0.25) is 0 Å². The van der Waals surface area contributed by atoms with Gasteiger partial charge in [0.2, 0.25) is 0 Å². The summed E-state index contributed by atoms with van der Waals surface area (Å²) in [7, 11) is 0. The van der Waals surface area contributed by atoms with Gasteiger partial charge in [0.05, 0.1) is 12.5 Å².